The molecule has 0 aliphatic heterocycles. The van der Waals surface area contributed by atoms with Gasteiger partial charge in [0.05, 0.1) is 6.54 Å². The molecule has 0 saturated heterocycles. The van der Waals surface area contributed by atoms with Gasteiger partial charge >= 0.3 is 0 Å². The molecule has 0 aromatic carbocycles. The fourth-order valence-corrected chi connectivity index (χ4v) is 1.84. The van der Waals surface area contributed by atoms with Gasteiger partial charge in [0, 0.05) is 12.7 Å². The van der Waals surface area contributed by atoms with E-state index < -0.39 is 0 Å². The first-order chi connectivity index (χ1) is 9.93. The maximum absolute atomic E-state index is 4.26. The highest BCUT2D eigenvalue weighted by atomic mass is 15.6. The van der Waals surface area contributed by atoms with E-state index in [-0.39, 0.29) is 0 Å². The van der Waals surface area contributed by atoms with Gasteiger partial charge in [-0.1, -0.05) is 6.07 Å². The van der Waals surface area contributed by atoms with E-state index in [1.54, 1.807) is 15.7 Å². The van der Waals surface area contributed by atoms with Crippen molar-refractivity contribution >= 4 is 0 Å². The van der Waals surface area contributed by atoms with Crippen molar-refractivity contribution < 1.29 is 0 Å². The van der Waals surface area contributed by atoms with Crippen LogP contribution in [0.5, 0.6) is 0 Å². The van der Waals surface area contributed by atoms with Crippen LogP contribution in [0.1, 0.15) is 12.8 Å². The first kappa shape index (κ1) is 12.3. The lowest BCUT2D eigenvalue weighted by molar-refractivity contribution is 0.458. The van der Waals surface area contributed by atoms with Gasteiger partial charge in [-0.2, -0.15) is 4.80 Å². The molecule has 20 heavy (non-hydrogen) atoms. The highest BCUT2D eigenvalue weighted by Crippen LogP contribution is 2.12. The van der Waals surface area contributed by atoms with Crippen LogP contribution in [0, 0.1) is 0 Å². The van der Waals surface area contributed by atoms with Gasteiger partial charge in [0.15, 0.2) is 6.33 Å². The molecular weight excluding hydrogens is 258 g/mol. The first-order valence-electron chi connectivity index (χ1n) is 6.32. The van der Waals surface area contributed by atoms with Gasteiger partial charge in [-0.25, -0.2) is 4.68 Å². The fraction of sp³-hybridized carbons (Fsp3) is 0.364. The van der Waals surface area contributed by atoms with Crippen molar-refractivity contribution in [2.45, 2.75) is 25.9 Å². The van der Waals surface area contributed by atoms with E-state index in [0.717, 1.165) is 31.6 Å². The molecule has 3 heterocycles. The zero-order chi connectivity index (χ0) is 13.6. The molecule has 0 spiro atoms. The van der Waals surface area contributed by atoms with Crippen LogP contribution < -0.4 is 0 Å². The number of aromatic nitrogens is 9. The monoisotopic (exact) mass is 271 g/mol. The molecule has 0 atom stereocenters. The number of rotatable bonds is 6. The molecule has 3 aromatic rings. The van der Waals surface area contributed by atoms with E-state index in [9.17, 15) is 0 Å². The Morgan fingerprint density at radius 3 is 2.80 bits per heavy atom. The standard InChI is InChI=1S/C11H13N9/c1-2-6-12-10(5-1)11-15-16-18-19(11)7-3-4-8-20-14-9-13-17-20/h1-2,5-6,9H,3-4,7-8H2. The Balaban J connectivity index is 1.57. The lowest BCUT2D eigenvalue weighted by atomic mass is 10.3. The molecular formula is C11H13N9. The largest absolute Gasteiger partial charge is 0.253 e. The highest BCUT2D eigenvalue weighted by molar-refractivity contribution is 5.47. The normalized spacial score (nSPS) is 10.8. The van der Waals surface area contributed by atoms with E-state index in [1.807, 2.05) is 18.2 Å². The van der Waals surface area contributed by atoms with Gasteiger partial charge in [0.1, 0.15) is 5.69 Å². The third-order valence-electron chi connectivity index (χ3n) is 2.80. The molecule has 0 unspecified atom stereocenters. The van der Waals surface area contributed by atoms with Crippen molar-refractivity contribution in [3.63, 3.8) is 0 Å². The van der Waals surface area contributed by atoms with Gasteiger partial charge < -0.3 is 0 Å². The third kappa shape index (κ3) is 2.82. The number of tetrazole rings is 2. The summed E-state index contributed by atoms with van der Waals surface area (Å²) in [6.07, 6.45) is 5.01. The van der Waals surface area contributed by atoms with Crippen LogP contribution in [0.15, 0.2) is 30.7 Å². The van der Waals surface area contributed by atoms with Crippen LogP contribution in [0.3, 0.4) is 0 Å². The van der Waals surface area contributed by atoms with E-state index in [0.29, 0.717) is 5.82 Å². The maximum atomic E-state index is 4.26. The van der Waals surface area contributed by atoms with Crippen molar-refractivity contribution in [2.75, 3.05) is 0 Å². The zero-order valence-corrected chi connectivity index (χ0v) is 10.7. The Morgan fingerprint density at radius 2 is 2.00 bits per heavy atom. The Morgan fingerprint density at radius 1 is 1.05 bits per heavy atom. The van der Waals surface area contributed by atoms with Crippen molar-refractivity contribution in [1.82, 2.24) is 45.4 Å². The predicted molar refractivity (Wildman–Crippen MR) is 68.1 cm³/mol. The van der Waals surface area contributed by atoms with Crippen molar-refractivity contribution in [3.05, 3.63) is 30.7 Å². The van der Waals surface area contributed by atoms with Crippen LogP contribution in [0.4, 0.5) is 0 Å². The summed E-state index contributed by atoms with van der Waals surface area (Å²) >= 11 is 0. The van der Waals surface area contributed by atoms with E-state index in [1.165, 1.54) is 6.33 Å². The van der Waals surface area contributed by atoms with Crippen LogP contribution in [0.2, 0.25) is 0 Å². The van der Waals surface area contributed by atoms with Gasteiger partial charge in [-0.3, -0.25) is 4.98 Å². The van der Waals surface area contributed by atoms with Gasteiger partial charge in [0.2, 0.25) is 5.82 Å². The van der Waals surface area contributed by atoms with E-state index in [4.69, 9.17) is 0 Å². The summed E-state index contributed by atoms with van der Waals surface area (Å²) in [5, 5.41) is 23.1. The molecule has 3 rings (SSSR count). The topological polar surface area (TPSA) is 100 Å². The lowest BCUT2D eigenvalue weighted by Gasteiger charge is -2.03. The summed E-state index contributed by atoms with van der Waals surface area (Å²) in [7, 11) is 0. The van der Waals surface area contributed by atoms with Gasteiger partial charge in [0.25, 0.3) is 0 Å². The van der Waals surface area contributed by atoms with Gasteiger partial charge in [-0.05, 0) is 40.6 Å². The molecule has 0 radical (unpaired) electrons. The van der Waals surface area contributed by atoms with Crippen LogP contribution >= 0.6 is 0 Å². The van der Waals surface area contributed by atoms with Crippen LogP contribution in [0.25, 0.3) is 11.5 Å². The average Bonchev–Trinajstić information content (AvgIpc) is 3.16. The minimum Gasteiger partial charge on any atom is -0.253 e. The van der Waals surface area contributed by atoms with Crippen molar-refractivity contribution in [3.8, 4) is 11.5 Å². The Labute approximate surface area is 114 Å². The fourth-order valence-electron chi connectivity index (χ4n) is 1.84. The first-order valence-corrected chi connectivity index (χ1v) is 6.32. The summed E-state index contributed by atoms with van der Waals surface area (Å²) in [4.78, 5) is 5.82. The average molecular weight is 271 g/mol. The number of unbranched alkanes of at least 4 members (excludes halogenated alkanes) is 1. The predicted octanol–water partition coefficient (Wildman–Crippen LogP) is 0.202. The molecule has 0 aliphatic rings. The number of hydrogen-bond acceptors (Lipinski definition) is 7. The molecule has 0 fully saturated rings. The molecule has 9 heteroatoms. The minimum absolute atomic E-state index is 0.685. The molecule has 0 bridgehead atoms. The summed E-state index contributed by atoms with van der Waals surface area (Å²) < 4.78 is 1.76. The van der Waals surface area contributed by atoms with E-state index in [2.05, 4.69) is 35.9 Å². The highest BCUT2D eigenvalue weighted by Gasteiger charge is 2.09. The molecule has 0 saturated carbocycles. The Hall–Kier alpha value is -2.71. The molecule has 3 aromatic heterocycles. The molecule has 102 valence electrons. The number of aryl methyl sites for hydroxylation is 2. The van der Waals surface area contributed by atoms with E-state index >= 15 is 0 Å². The second kappa shape index (κ2) is 5.95. The smallest absolute Gasteiger partial charge is 0.200 e. The summed E-state index contributed by atoms with van der Waals surface area (Å²) in [5.41, 5.74) is 0.774. The van der Waals surface area contributed by atoms with Crippen LogP contribution in [-0.2, 0) is 13.1 Å². The Kier molecular flexibility index (Phi) is 3.67. The summed E-state index contributed by atoms with van der Waals surface area (Å²) in [5.74, 6) is 0.685. The molecule has 9 nitrogen and oxygen atoms in total. The molecule has 0 N–H and O–H groups in total. The van der Waals surface area contributed by atoms with Crippen molar-refractivity contribution in [2.24, 2.45) is 0 Å². The Bertz CT molecular complexity index is 631. The quantitative estimate of drug-likeness (QED) is 0.590. The lowest BCUT2D eigenvalue weighted by Crippen LogP contribution is -2.07. The number of nitrogens with zero attached hydrogens (tertiary/aromatic N) is 9. The van der Waals surface area contributed by atoms with Gasteiger partial charge in [-0.15, -0.1) is 15.3 Å². The molecule has 0 amide bonds. The SMILES string of the molecule is c1ccc(-c2nnnn2CCCCn2ncnn2)nc1. The second-order valence-electron chi connectivity index (χ2n) is 4.18. The van der Waals surface area contributed by atoms with Crippen molar-refractivity contribution in [1.29, 1.82) is 0 Å². The number of hydrogen-bond donors (Lipinski definition) is 0. The zero-order valence-electron chi connectivity index (χ0n) is 10.7. The minimum atomic E-state index is 0.685. The number of pyridine rings is 1. The summed E-state index contributed by atoms with van der Waals surface area (Å²) in [6, 6.07) is 5.67. The van der Waals surface area contributed by atoms with Crippen LogP contribution in [-0.4, -0.2) is 45.4 Å². The summed E-state index contributed by atoms with van der Waals surface area (Å²) in [6.45, 7) is 1.47. The third-order valence-corrected chi connectivity index (χ3v) is 2.80. The molecule has 0 aliphatic carbocycles. The second-order valence-corrected chi connectivity index (χ2v) is 4.18. The maximum Gasteiger partial charge on any atom is 0.200 e.